The van der Waals surface area contributed by atoms with E-state index in [0.717, 1.165) is 22.0 Å². The number of hydrogen-bond acceptors (Lipinski definition) is 5. The number of rotatable bonds is 6. The van der Waals surface area contributed by atoms with Gasteiger partial charge in [-0.3, -0.25) is 4.68 Å². The van der Waals surface area contributed by atoms with Gasteiger partial charge >= 0.3 is 6.09 Å². The van der Waals surface area contributed by atoms with E-state index in [0.29, 0.717) is 18.9 Å². The number of nitrogens with one attached hydrogen (secondary N) is 1. The van der Waals surface area contributed by atoms with E-state index in [-0.39, 0.29) is 17.5 Å². The lowest BCUT2D eigenvalue weighted by atomic mass is 9.98. The molecule has 1 amide bonds. The fraction of sp³-hybridized carbons (Fsp3) is 0.333. The zero-order valence-electron chi connectivity index (χ0n) is 16.8. The Kier molecular flexibility index (Phi) is 6.29. The third-order valence-electron chi connectivity index (χ3n) is 5.04. The molecule has 0 saturated carbocycles. The second kappa shape index (κ2) is 9.28. The molecule has 10 heteroatoms. The van der Waals surface area contributed by atoms with Crippen molar-refractivity contribution < 1.29 is 14.3 Å². The van der Waals surface area contributed by atoms with Crippen LogP contribution in [0.1, 0.15) is 24.1 Å². The number of azide groups is 1. The summed E-state index contributed by atoms with van der Waals surface area (Å²) in [5.74, 6) is 0.672. The van der Waals surface area contributed by atoms with Crippen molar-refractivity contribution in [1.29, 1.82) is 0 Å². The van der Waals surface area contributed by atoms with Crippen molar-refractivity contribution in [2.75, 3.05) is 6.61 Å². The molecule has 1 aliphatic rings. The lowest BCUT2D eigenvalue weighted by molar-refractivity contribution is 0.135. The summed E-state index contributed by atoms with van der Waals surface area (Å²) in [7, 11) is 0. The highest BCUT2D eigenvalue weighted by molar-refractivity contribution is 9.09. The highest BCUT2D eigenvalue weighted by Gasteiger charge is 2.32. The van der Waals surface area contributed by atoms with Crippen LogP contribution in [0.5, 0.6) is 5.75 Å². The molecular formula is C21H21BrN6O3. The van der Waals surface area contributed by atoms with Crippen molar-refractivity contribution in [3.8, 4) is 5.75 Å². The number of halogens is 1. The zero-order valence-corrected chi connectivity index (χ0v) is 18.4. The number of benzene rings is 2. The summed E-state index contributed by atoms with van der Waals surface area (Å²) in [6, 6.07) is 12.6. The second-order valence-corrected chi connectivity index (χ2v) is 8.50. The van der Waals surface area contributed by atoms with Gasteiger partial charge in [0.1, 0.15) is 19.0 Å². The highest BCUT2D eigenvalue weighted by atomic mass is 79.9. The van der Waals surface area contributed by atoms with Crippen molar-refractivity contribution >= 4 is 32.9 Å². The fourth-order valence-corrected chi connectivity index (χ4v) is 4.14. The summed E-state index contributed by atoms with van der Waals surface area (Å²) in [6.45, 7) is 2.90. The van der Waals surface area contributed by atoms with Gasteiger partial charge in [0.05, 0.1) is 29.1 Å². The Hall–Kier alpha value is -3.23. The molecule has 3 atom stereocenters. The van der Waals surface area contributed by atoms with E-state index < -0.39 is 12.1 Å². The number of amides is 1. The SMILES string of the molecule is CC(Cn1ncc2ccc3c(c21)C(N=[N+]=[N-])[C@H](Br)CO3)NC(=O)OCc1ccccc1. The Balaban J connectivity index is 1.51. The summed E-state index contributed by atoms with van der Waals surface area (Å²) in [6.07, 6.45) is 1.26. The first-order valence-electron chi connectivity index (χ1n) is 9.83. The highest BCUT2D eigenvalue weighted by Crippen LogP contribution is 2.42. The number of hydrogen-bond donors (Lipinski definition) is 1. The van der Waals surface area contributed by atoms with E-state index in [9.17, 15) is 4.79 Å². The van der Waals surface area contributed by atoms with Crippen LogP contribution < -0.4 is 10.1 Å². The van der Waals surface area contributed by atoms with Crippen molar-refractivity contribution in [3.05, 3.63) is 70.2 Å². The largest absolute Gasteiger partial charge is 0.492 e. The Labute approximate surface area is 187 Å². The van der Waals surface area contributed by atoms with Gasteiger partial charge in [-0.2, -0.15) is 5.10 Å². The van der Waals surface area contributed by atoms with Gasteiger partial charge < -0.3 is 14.8 Å². The number of nitrogens with zero attached hydrogens (tertiary/aromatic N) is 5. The molecule has 1 N–H and O–H groups in total. The molecular weight excluding hydrogens is 464 g/mol. The molecule has 0 spiro atoms. The summed E-state index contributed by atoms with van der Waals surface area (Å²) >= 11 is 3.55. The van der Waals surface area contributed by atoms with Crippen molar-refractivity contribution in [3.63, 3.8) is 0 Å². The minimum Gasteiger partial charge on any atom is -0.492 e. The molecule has 9 nitrogen and oxygen atoms in total. The summed E-state index contributed by atoms with van der Waals surface area (Å²) in [5, 5.41) is 12.2. The number of aromatic nitrogens is 2. The van der Waals surface area contributed by atoms with E-state index in [4.69, 9.17) is 15.0 Å². The van der Waals surface area contributed by atoms with Crippen molar-refractivity contribution in [1.82, 2.24) is 15.1 Å². The number of alkyl halides is 1. The quantitative estimate of drug-likeness (QED) is 0.232. The van der Waals surface area contributed by atoms with Gasteiger partial charge in [-0.05, 0) is 30.2 Å². The molecule has 1 aromatic heterocycles. The van der Waals surface area contributed by atoms with Crippen LogP contribution in [0.15, 0.2) is 53.8 Å². The van der Waals surface area contributed by atoms with E-state index in [1.54, 1.807) is 10.9 Å². The standard InChI is InChI=1S/C21H21BrN6O3/c1-13(25-21(29)31-11-14-5-3-2-4-6-14)10-28-20-15(9-24-28)7-8-17-18(20)19(26-27-23)16(22)12-30-17/h2-9,13,16,19H,10-12H2,1H3,(H,25,29)/t13?,16-,19?/m1/s1. The Morgan fingerprint density at radius 2 is 2.23 bits per heavy atom. The Bertz CT molecular complexity index is 1130. The molecule has 0 radical (unpaired) electrons. The van der Waals surface area contributed by atoms with Crippen LogP contribution in [0.4, 0.5) is 4.79 Å². The van der Waals surface area contributed by atoms with Gasteiger partial charge in [0.2, 0.25) is 0 Å². The monoisotopic (exact) mass is 484 g/mol. The van der Waals surface area contributed by atoms with E-state index >= 15 is 0 Å². The molecule has 0 fully saturated rings. The minimum absolute atomic E-state index is 0.145. The molecule has 2 aromatic carbocycles. The van der Waals surface area contributed by atoms with Crippen LogP contribution in [0.2, 0.25) is 0 Å². The molecule has 0 bridgehead atoms. The Morgan fingerprint density at radius 3 is 3.00 bits per heavy atom. The molecule has 0 aliphatic carbocycles. The molecule has 160 valence electrons. The minimum atomic E-state index is -0.495. The van der Waals surface area contributed by atoms with Gasteiger partial charge in [-0.1, -0.05) is 51.4 Å². The van der Waals surface area contributed by atoms with E-state index in [2.05, 4.69) is 36.4 Å². The van der Waals surface area contributed by atoms with Crippen LogP contribution in [0.25, 0.3) is 21.3 Å². The smallest absolute Gasteiger partial charge is 0.407 e. The number of ether oxygens (including phenoxy) is 2. The molecule has 31 heavy (non-hydrogen) atoms. The first-order valence-corrected chi connectivity index (χ1v) is 10.7. The lowest BCUT2D eigenvalue weighted by Gasteiger charge is -2.28. The molecule has 1 aliphatic heterocycles. The number of alkyl carbamates (subject to hydrolysis) is 1. The predicted octanol–water partition coefficient (Wildman–Crippen LogP) is 4.86. The average Bonchev–Trinajstić information content (AvgIpc) is 3.17. The maximum atomic E-state index is 12.2. The summed E-state index contributed by atoms with van der Waals surface area (Å²) < 4.78 is 12.9. The summed E-state index contributed by atoms with van der Waals surface area (Å²) in [4.78, 5) is 15.1. The number of carbonyl (C=O) groups excluding carboxylic acids is 1. The van der Waals surface area contributed by atoms with Crippen LogP contribution in [0, 0.1) is 0 Å². The van der Waals surface area contributed by atoms with E-state index in [1.165, 1.54) is 0 Å². The lowest BCUT2D eigenvalue weighted by Crippen LogP contribution is -2.36. The third kappa shape index (κ3) is 4.60. The Morgan fingerprint density at radius 1 is 1.42 bits per heavy atom. The van der Waals surface area contributed by atoms with Crippen LogP contribution >= 0.6 is 15.9 Å². The van der Waals surface area contributed by atoms with Gasteiger partial charge in [-0.15, -0.1) is 0 Å². The second-order valence-electron chi connectivity index (χ2n) is 7.33. The first kappa shape index (κ1) is 21.0. The molecule has 0 saturated heterocycles. The van der Waals surface area contributed by atoms with E-state index in [1.807, 2.05) is 49.4 Å². The van der Waals surface area contributed by atoms with Crippen LogP contribution in [-0.4, -0.2) is 33.3 Å². The van der Waals surface area contributed by atoms with Gasteiger partial charge in [0.25, 0.3) is 0 Å². The van der Waals surface area contributed by atoms with Crippen LogP contribution in [0.3, 0.4) is 0 Å². The normalized spacial score (nSPS) is 18.4. The zero-order chi connectivity index (χ0) is 21.8. The predicted molar refractivity (Wildman–Crippen MR) is 119 cm³/mol. The van der Waals surface area contributed by atoms with Crippen molar-refractivity contribution in [2.24, 2.45) is 5.11 Å². The topological polar surface area (TPSA) is 114 Å². The van der Waals surface area contributed by atoms with Gasteiger partial charge in [-0.25, -0.2) is 4.79 Å². The number of carbonyl (C=O) groups is 1. The molecule has 3 aromatic rings. The molecule has 4 rings (SSSR count). The van der Waals surface area contributed by atoms with Gasteiger partial charge in [0.15, 0.2) is 0 Å². The molecule has 2 unspecified atom stereocenters. The van der Waals surface area contributed by atoms with Crippen molar-refractivity contribution in [2.45, 2.75) is 37.0 Å². The third-order valence-corrected chi connectivity index (χ3v) is 5.80. The average molecular weight is 485 g/mol. The number of fused-ring (bicyclic) bond motifs is 3. The van der Waals surface area contributed by atoms with Gasteiger partial charge in [0, 0.05) is 21.9 Å². The fourth-order valence-electron chi connectivity index (χ4n) is 3.64. The molecule has 2 heterocycles. The first-order chi connectivity index (χ1) is 15.1. The van der Waals surface area contributed by atoms with Crippen LogP contribution in [-0.2, 0) is 17.9 Å². The maximum Gasteiger partial charge on any atom is 0.407 e. The summed E-state index contributed by atoms with van der Waals surface area (Å²) in [5.41, 5.74) is 11.6. The maximum absolute atomic E-state index is 12.2.